The Kier molecular flexibility index (Phi) is 3.24. The van der Waals surface area contributed by atoms with Crippen molar-refractivity contribution >= 4 is 5.82 Å². The zero-order chi connectivity index (χ0) is 12.5. The smallest absolute Gasteiger partial charge is 0.355 e. The predicted octanol–water partition coefficient (Wildman–Crippen LogP) is 2.03. The molecular formula is C11H14F3N3. The van der Waals surface area contributed by atoms with E-state index in [1.165, 1.54) is 12.3 Å². The van der Waals surface area contributed by atoms with Crippen LogP contribution in [0.1, 0.15) is 18.4 Å². The fourth-order valence-corrected chi connectivity index (χ4v) is 2.07. The van der Waals surface area contributed by atoms with Gasteiger partial charge in [-0.05, 0) is 25.0 Å². The second kappa shape index (κ2) is 4.52. The van der Waals surface area contributed by atoms with Crippen LogP contribution < -0.4 is 10.6 Å². The highest BCUT2D eigenvalue weighted by Crippen LogP contribution is 2.35. The summed E-state index contributed by atoms with van der Waals surface area (Å²) in [5, 5.41) is 0. The number of nitrogens with two attached hydrogens (primary N) is 1. The van der Waals surface area contributed by atoms with Gasteiger partial charge in [0.05, 0.1) is 5.56 Å². The van der Waals surface area contributed by atoms with E-state index in [2.05, 4.69) is 4.98 Å². The molecule has 1 atom stereocenters. The fraction of sp³-hybridized carbons (Fsp3) is 0.545. The van der Waals surface area contributed by atoms with E-state index >= 15 is 0 Å². The Balaban J connectivity index is 2.31. The van der Waals surface area contributed by atoms with Gasteiger partial charge in [0.2, 0.25) is 0 Å². The number of rotatable bonds is 1. The van der Waals surface area contributed by atoms with Crippen LogP contribution in [0.4, 0.5) is 19.0 Å². The Morgan fingerprint density at radius 1 is 1.41 bits per heavy atom. The van der Waals surface area contributed by atoms with E-state index in [4.69, 9.17) is 5.73 Å². The maximum absolute atomic E-state index is 12.8. The van der Waals surface area contributed by atoms with E-state index in [0.717, 1.165) is 18.9 Å². The second-order valence-electron chi connectivity index (χ2n) is 4.22. The third-order valence-corrected chi connectivity index (χ3v) is 2.85. The summed E-state index contributed by atoms with van der Waals surface area (Å²) in [6.07, 6.45) is -1.34. The van der Waals surface area contributed by atoms with Gasteiger partial charge in [-0.25, -0.2) is 4.98 Å². The summed E-state index contributed by atoms with van der Waals surface area (Å²) in [4.78, 5) is 5.48. The topological polar surface area (TPSA) is 42.1 Å². The van der Waals surface area contributed by atoms with Gasteiger partial charge in [-0.2, -0.15) is 13.2 Å². The van der Waals surface area contributed by atoms with Gasteiger partial charge in [-0.15, -0.1) is 0 Å². The number of hydrogen-bond acceptors (Lipinski definition) is 3. The maximum atomic E-state index is 12.8. The summed E-state index contributed by atoms with van der Waals surface area (Å²) in [5.41, 5.74) is 5.08. The van der Waals surface area contributed by atoms with Crippen LogP contribution in [0.3, 0.4) is 0 Å². The molecule has 1 fully saturated rings. The Bertz CT molecular complexity index is 392. The summed E-state index contributed by atoms with van der Waals surface area (Å²) in [6, 6.07) is 2.28. The minimum atomic E-state index is -4.37. The van der Waals surface area contributed by atoms with Gasteiger partial charge in [-0.3, -0.25) is 0 Å². The van der Waals surface area contributed by atoms with Gasteiger partial charge >= 0.3 is 6.18 Å². The maximum Gasteiger partial charge on any atom is 0.419 e. The van der Waals surface area contributed by atoms with Crippen LogP contribution in [0.25, 0.3) is 0 Å². The van der Waals surface area contributed by atoms with Crippen molar-refractivity contribution in [2.75, 3.05) is 18.0 Å². The molecule has 2 heterocycles. The second-order valence-corrected chi connectivity index (χ2v) is 4.22. The molecule has 1 aromatic rings. The van der Waals surface area contributed by atoms with Crippen LogP contribution in [0, 0.1) is 0 Å². The summed E-state index contributed by atoms with van der Waals surface area (Å²) in [6.45, 7) is 1.01. The van der Waals surface area contributed by atoms with Crippen molar-refractivity contribution in [2.24, 2.45) is 5.73 Å². The van der Waals surface area contributed by atoms with Gasteiger partial charge in [-0.1, -0.05) is 0 Å². The van der Waals surface area contributed by atoms with Crippen LogP contribution in [-0.4, -0.2) is 24.1 Å². The van der Waals surface area contributed by atoms with Crippen molar-refractivity contribution in [1.82, 2.24) is 4.98 Å². The third kappa shape index (κ3) is 2.69. The molecule has 0 spiro atoms. The Morgan fingerprint density at radius 2 is 2.18 bits per heavy atom. The van der Waals surface area contributed by atoms with Gasteiger partial charge < -0.3 is 10.6 Å². The summed E-state index contributed by atoms with van der Waals surface area (Å²) in [5.74, 6) is -0.00449. The first-order valence-electron chi connectivity index (χ1n) is 5.51. The molecule has 0 amide bonds. The molecule has 3 nitrogen and oxygen atoms in total. The molecule has 0 radical (unpaired) electrons. The zero-order valence-corrected chi connectivity index (χ0v) is 9.24. The van der Waals surface area contributed by atoms with Gasteiger partial charge in [0.1, 0.15) is 5.82 Å². The van der Waals surface area contributed by atoms with Crippen LogP contribution in [0.15, 0.2) is 18.3 Å². The van der Waals surface area contributed by atoms with Crippen LogP contribution in [-0.2, 0) is 6.18 Å². The summed E-state index contributed by atoms with van der Waals surface area (Å²) < 4.78 is 38.4. The van der Waals surface area contributed by atoms with Crippen LogP contribution in [0.5, 0.6) is 0 Å². The Hall–Kier alpha value is -1.30. The number of anilines is 1. The molecule has 94 valence electrons. The lowest BCUT2D eigenvalue weighted by atomic mass is 10.1. The SMILES string of the molecule is N[C@@H]1CCCN(c2ncccc2C(F)(F)F)C1. The Labute approximate surface area is 97.4 Å². The summed E-state index contributed by atoms with van der Waals surface area (Å²) in [7, 11) is 0. The largest absolute Gasteiger partial charge is 0.419 e. The van der Waals surface area contributed by atoms with E-state index in [-0.39, 0.29) is 11.9 Å². The molecular weight excluding hydrogens is 231 g/mol. The number of pyridine rings is 1. The molecule has 6 heteroatoms. The number of hydrogen-bond donors (Lipinski definition) is 1. The van der Waals surface area contributed by atoms with E-state index < -0.39 is 11.7 Å². The molecule has 1 aliphatic heterocycles. The van der Waals surface area contributed by atoms with Crippen molar-refractivity contribution in [1.29, 1.82) is 0 Å². The molecule has 17 heavy (non-hydrogen) atoms. The van der Waals surface area contributed by atoms with E-state index in [9.17, 15) is 13.2 Å². The highest BCUT2D eigenvalue weighted by Gasteiger charge is 2.36. The minimum absolute atomic E-state index is 0.00449. The van der Waals surface area contributed by atoms with E-state index in [1.54, 1.807) is 4.90 Å². The number of piperidine rings is 1. The zero-order valence-electron chi connectivity index (χ0n) is 9.24. The lowest BCUT2D eigenvalue weighted by Crippen LogP contribution is -2.43. The van der Waals surface area contributed by atoms with Gasteiger partial charge in [0.25, 0.3) is 0 Å². The predicted molar refractivity (Wildman–Crippen MR) is 58.7 cm³/mol. The molecule has 0 unspecified atom stereocenters. The number of nitrogens with zero attached hydrogens (tertiary/aromatic N) is 2. The molecule has 2 rings (SSSR count). The van der Waals surface area contributed by atoms with Crippen molar-refractivity contribution in [3.63, 3.8) is 0 Å². The molecule has 0 aliphatic carbocycles. The highest BCUT2D eigenvalue weighted by atomic mass is 19.4. The third-order valence-electron chi connectivity index (χ3n) is 2.85. The number of halogens is 3. The van der Waals surface area contributed by atoms with E-state index in [1.807, 2.05) is 0 Å². The van der Waals surface area contributed by atoms with Crippen molar-refractivity contribution in [3.05, 3.63) is 23.9 Å². The number of aromatic nitrogens is 1. The molecule has 1 aliphatic rings. The minimum Gasteiger partial charge on any atom is -0.355 e. The van der Waals surface area contributed by atoms with Crippen LogP contribution >= 0.6 is 0 Å². The lowest BCUT2D eigenvalue weighted by Gasteiger charge is -2.33. The number of alkyl halides is 3. The standard InChI is InChI=1S/C11H14F3N3/c12-11(13,14)9-4-1-5-16-10(9)17-6-2-3-8(15)7-17/h1,4-5,8H,2-3,6-7,15H2/t8-/m1/s1. The van der Waals surface area contributed by atoms with E-state index in [0.29, 0.717) is 13.1 Å². The van der Waals surface area contributed by atoms with Crippen molar-refractivity contribution < 1.29 is 13.2 Å². The normalized spacial score (nSPS) is 21.6. The molecule has 2 N–H and O–H groups in total. The first-order valence-corrected chi connectivity index (χ1v) is 5.51. The molecule has 0 aromatic carbocycles. The van der Waals surface area contributed by atoms with Gasteiger partial charge in [0, 0.05) is 25.3 Å². The average Bonchev–Trinajstić information content (AvgIpc) is 2.28. The quantitative estimate of drug-likeness (QED) is 0.823. The molecule has 0 bridgehead atoms. The Morgan fingerprint density at radius 3 is 2.82 bits per heavy atom. The molecule has 1 aromatic heterocycles. The first-order chi connectivity index (χ1) is 7.98. The van der Waals surface area contributed by atoms with Crippen molar-refractivity contribution in [3.8, 4) is 0 Å². The van der Waals surface area contributed by atoms with Crippen molar-refractivity contribution in [2.45, 2.75) is 25.1 Å². The summed E-state index contributed by atoms with van der Waals surface area (Å²) >= 11 is 0. The average molecular weight is 245 g/mol. The first kappa shape index (κ1) is 12.2. The van der Waals surface area contributed by atoms with Gasteiger partial charge in [0.15, 0.2) is 0 Å². The molecule has 1 saturated heterocycles. The highest BCUT2D eigenvalue weighted by molar-refractivity contribution is 5.48. The fourth-order valence-electron chi connectivity index (χ4n) is 2.07. The molecule has 0 saturated carbocycles. The van der Waals surface area contributed by atoms with Crippen LogP contribution in [0.2, 0.25) is 0 Å². The monoisotopic (exact) mass is 245 g/mol. The lowest BCUT2D eigenvalue weighted by molar-refractivity contribution is -0.137.